The van der Waals surface area contributed by atoms with E-state index in [9.17, 15) is 4.79 Å². The Labute approximate surface area is 125 Å². The lowest BCUT2D eigenvalue weighted by atomic mass is 10.1. The first-order chi connectivity index (χ1) is 9.74. The van der Waals surface area contributed by atoms with E-state index in [2.05, 4.69) is 32.3 Å². The van der Waals surface area contributed by atoms with Gasteiger partial charge in [-0.15, -0.1) is 5.10 Å². The van der Waals surface area contributed by atoms with Crippen molar-refractivity contribution in [3.8, 4) is 0 Å². The molecule has 0 saturated heterocycles. The zero-order valence-electron chi connectivity index (χ0n) is 11.0. The molecular formula is C14H15BrN4O. The van der Waals surface area contributed by atoms with Crippen molar-refractivity contribution < 1.29 is 4.79 Å². The van der Waals surface area contributed by atoms with Crippen molar-refractivity contribution in [3.63, 3.8) is 0 Å². The van der Waals surface area contributed by atoms with Crippen LogP contribution in [0.2, 0.25) is 0 Å². The zero-order chi connectivity index (χ0) is 13.9. The third-order valence-electron chi connectivity index (χ3n) is 3.48. The number of hydrogen-bond acceptors (Lipinski definition) is 3. The highest BCUT2D eigenvalue weighted by atomic mass is 79.9. The molecule has 1 amide bonds. The van der Waals surface area contributed by atoms with Crippen LogP contribution < -0.4 is 4.90 Å². The van der Waals surface area contributed by atoms with Crippen LogP contribution in [0.1, 0.15) is 18.4 Å². The number of rotatable bonds is 2. The summed E-state index contributed by atoms with van der Waals surface area (Å²) >= 11 is 3.50. The van der Waals surface area contributed by atoms with Crippen molar-refractivity contribution in [1.82, 2.24) is 15.0 Å². The summed E-state index contributed by atoms with van der Waals surface area (Å²) in [5, 5.41) is 7.59. The monoisotopic (exact) mass is 334 g/mol. The quantitative estimate of drug-likeness (QED) is 0.847. The van der Waals surface area contributed by atoms with Gasteiger partial charge in [0.25, 0.3) is 0 Å². The highest BCUT2D eigenvalue weighted by molar-refractivity contribution is 9.10. The third kappa shape index (κ3) is 2.75. The van der Waals surface area contributed by atoms with Gasteiger partial charge in [0, 0.05) is 22.9 Å². The van der Waals surface area contributed by atoms with Crippen molar-refractivity contribution in [2.45, 2.75) is 25.8 Å². The van der Waals surface area contributed by atoms with Crippen LogP contribution in [0.25, 0.3) is 0 Å². The molecule has 3 rings (SSSR count). The fraction of sp³-hybridized carbons (Fsp3) is 0.357. The van der Waals surface area contributed by atoms with Crippen LogP contribution in [0.15, 0.2) is 35.1 Å². The molecule has 0 saturated carbocycles. The number of fused-ring (bicyclic) bond motifs is 1. The van der Waals surface area contributed by atoms with Crippen LogP contribution in [0.3, 0.4) is 0 Å². The molecule has 20 heavy (non-hydrogen) atoms. The van der Waals surface area contributed by atoms with Crippen molar-refractivity contribution in [1.29, 1.82) is 0 Å². The molecule has 0 N–H and O–H groups in total. The molecule has 0 aliphatic carbocycles. The Morgan fingerprint density at radius 3 is 3.05 bits per heavy atom. The molecule has 1 aromatic carbocycles. The number of carbonyl (C=O) groups excluding carboxylic acids is 1. The van der Waals surface area contributed by atoms with Crippen molar-refractivity contribution in [3.05, 3.63) is 40.6 Å². The second-order valence-corrected chi connectivity index (χ2v) is 5.79. The van der Waals surface area contributed by atoms with Crippen LogP contribution in [-0.4, -0.2) is 27.4 Å². The summed E-state index contributed by atoms with van der Waals surface area (Å²) in [5.74, 6) is 0.0565. The molecule has 2 heterocycles. The zero-order valence-corrected chi connectivity index (χ0v) is 12.6. The largest absolute Gasteiger partial charge is 0.311 e. The number of carbonyl (C=O) groups is 1. The van der Waals surface area contributed by atoms with E-state index in [1.165, 1.54) is 5.56 Å². The van der Waals surface area contributed by atoms with E-state index in [1.54, 1.807) is 17.1 Å². The van der Waals surface area contributed by atoms with Gasteiger partial charge in [-0.1, -0.05) is 21.1 Å². The number of anilines is 1. The second kappa shape index (κ2) is 5.75. The summed E-state index contributed by atoms with van der Waals surface area (Å²) in [5.41, 5.74) is 2.25. The minimum atomic E-state index is 0.0565. The van der Waals surface area contributed by atoms with Gasteiger partial charge in [-0.3, -0.25) is 4.79 Å². The highest BCUT2D eigenvalue weighted by Crippen LogP contribution is 2.29. The Bertz CT molecular complexity index is 612. The second-order valence-electron chi connectivity index (χ2n) is 4.88. The number of halogens is 1. The molecule has 5 nitrogen and oxygen atoms in total. The minimum Gasteiger partial charge on any atom is -0.311 e. The Morgan fingerprint density at radius 1 is 1.35 bits per heavy atom. The first-order valence-corrected chi connectivity index (χ1v) is 7.46. The Balaban J connectivity index is 1.87. The maximum atomic E-state index is 12.5. The van der Waals surface area contributed by atoms with Crippen molar-refractivity contribution in [2.75, 3.05) is 11.4 Å². The van der Waals surface area contributed by atoms with Gasteiger partial charge in [0.15, 0.2) is 0 Å². The van der Waals surface area contributed by atoms with Gasteiger partial charge in [-0.25, -0.2) is 4.68 Å². The van der Waals surface area contributed by atoms with Crippen LogP contribution in [-0.2, 0) is 17.8 Å². The molecule has 0 spiro atoms. The Hall–Kier alpha value is -1.69. The molecule has 104 valence electrons. The van der Waals surface area contributed by atoms with Gasteiger partial charge in [0.2, 0.25) is 5.91 Å². The van der Waals surface area contributed by atoms with E-state index < -0.39 is 0 Å². The van der Waals surface area contributed by atoms with Crippen LogP contribution in [0, 0.1) is 0 Å². The van der Waals surface area contributed by atoms with Gasteiger partial charge in [-0.2, -0.15) is 0 Å². The Kier molecular flexibility index (Phi) is 3.82. The molecule has 0 unspecified atom stereocenters. The van der Waals surface area contributed by atoms with E-state index in [0.717, 1.165) is 36.0 Å². The summed E-state index contributed by atoms with van der Waals surface area (Å²) in [4.78, 5) is 14.4. The fourth-order valence-electron chi connectivity index (χ4n) is 2.52. The van der Waals surface area contributed by atoms with E-state index in [0.29, 0.717) is 0 Å². The number of amides is 1. The number of benzene rings is 1. The topological polar surface area (TPSA) is 51.0 Å². The molecule has 1 aromatic heterocycles. The predicted molar refractivity (Wildman–Crippen MR) is 79.5 cm³/mol. The molecular weight excluding hydrogens is 320 g/mol. The SMILES string of the molecule is O=C(Cn1ccnn1)N1CCCCc2cc(Br)ccc21. The summed E-state index contributed by atoms with van der Waals surface area (Å²) in [6, 6.07) is 6.11. The van der Waals surface area contributed by atoms with E-state index in [4.69, 9.17) is 0 Å². The number of aryl methyl sites for hydroxylation is 1. The summed E-state index contributed by atoms with van der Waals surface area (Å²) in [7, 11) is 0. The maximum absolute atomic E-state index is 12.5. The fourth-order valence-corrected chi connectivity index (χ4v) is 2.93. The smallest absolute Gasteiger partial charge is 0.248 e. The van der Waals surface area contributed by atoms with Gasteiger partial charge in [0.05, 0.1) is 6.20 Å². The molecule has 0 bridgehead atoms. The lowest BCUT2D eigenvalue weighted by molar-refractivity contribution is -0.119. The van der Waals surface area contributed by atoms with Gasteiger partial charge >= 0.3 is 0 Å². The number of nitrogens with zero attached hydrogens (tertiary/aromatic N) is 4. The third-order valence-corrected chi connectivity index (χ3v) is 3.97. The molecule has 1 aliphatic heterocycles. The molecule has 0 fully saturated rings. The molecule has 0 atom stereocenters. The number of hydrogen-bond donors (Lipinski definition) is 0. The summed E-state index contributed by atoms with van der Waals surface area (Å²) in [6.45, 7) is 0.998. The maximum Gasteiger partial charge on any atom is 0.248 e. The van der Waals surface area contributed by atoms with Crippen LogP contribution >= 0.6 is 15.9 Å². The molecule has 2 aromatic rings. The summed E-state index contributed by atoms with van der Waals surface area (Å²) in [6.07, 6.45) is 6.44. The lowest BCUT2D eigenvalue weighted by Crippen LogP contribution is -2.34. The van der Waals surface area contributed by atoms with Crippen molar-refractivity contribution in [2.24, 2.45) is 0 Å². The average molecular weight is 335 g/mol. The summed E-state index contributed by atoms with van der Waals surface area (Å²) < 4.78 is 2.62. The van der Waals surface area contributed by atoms with Crippen molar-refractivity contribution >= 4 is 27.5 Å². The molecule has 1 aliphatic rings. The first kappa shape index (κ1) is 13.3. The standard InChI is InChI=1S/C14H15BrN4O/c15-12-4-5-13-11(9-12)3-1-2-7-19(13)14(20)10-18-8-6-16-17-18/h4-6,8-9H,1-3,7,10H2. The average Bonchev–Trinajstić information content (AvgIpc) is 2.84. The van der Waals surface area contributed by atoms with Gasteiger partial charge in [-0.05, 0) is 43.0 Å². The molecule has 0 radical (unpaired) electrons. The van der Waals surface area contributed by atoms with Gasteiger partial charge in [0.1, 0.15) is 6.54 Å². The minimum absolute atomic E-state index is 0.0565. The molecule has 6 heteroatoms. The van der Waals surface area contributed by atoms with Gasteiger partial charge < -0.3 is 4.90 Å². The van der Waals surface area contributed by atoms with Crippen LogP contribution in [0.4, 0.5) is 5.69 Å². The van der Waals surface area contributed by atoms with E-state index in [-0.39, 0.29) is 12.5 Å². The van der Waals surface area contributed by atoms with E-state index >= 15 is 0 Å². The highest BCUT2D eigenvalue weighted by Gasteiger charge is 2.21. The Morgan fingerprint density at radius 2 is 2.25 bits per heavy atom. The lowest BCUT2D eigenvalue weighted by Gasteiger charge is -2.23. The predicted octanol–water partition coefficient (Wildman–Crippen LogP) is 2.41. The normalized spacial score (nSPS) is 14.8. The van der Waals surface area contributed by atoms with Crippen LogP contribution in [0.5, 0.6) is 0 Å². The first-order valence-electron chi connectivity index (χ1n) is 6.67. The number of aromatic nitrogens is 3. The van der Waals surface area contributed by atoms with E-state index in [1.807, 2.05) is 17.0 Å².